The van der Waals surface area contributed by atoms with Crippen molar-refractivity contribution in [3.8, 4) is 17.2 Å². The molecule has 0 unspecified atom stereocenters. The van der Waals surface area contributed by atoms with E-state index in [0.29, 0.717) is 22.9 Å². The molecule has 2 N–H and O–H groups in total. The number of halogens is 1. The number of nitrogens with zero attached hydrogens (tertiary/aromatic N) is 2. The van der Waals surface area contributed by atoms with Gasteiger partial charge < -0.3 is 14.8 Å². The van der Waals surface area contributed by atoms with Gasteiger partial charge in [-0.3, -0.25) is 14.7 Å². The van der Waals surface area contributed by atoms with Crippen LogP contribution in [0.5, 0.6) is 11.5 Å². The number of methoxy groups -OCH3 is 2. The Balaban J connectivity index is 1.78. The fraction of sp³-hybridized carbons (Fsp3) is 0.105. The molecule has 9 heteroatoms. The number of carbonyl (C=O) groups excluding carboxylic acids is 1. The molecule has 1 aromatic heterocycles. The average Bonchev–Trinajstić information content (AvgIpc) is 2.70. The lowest BCUT2D eigenvalue weighted by Gasteiger charge is -2.11. The Hall–Kier alpha value is -3.88. The van der Waals surface area contributed by atoms with Crippen molar-refractivity contribution in [1.82, 2.24) is 9.55 Å². The minimum atomic E-state index is -0.659. The highest BCUT2D eigenvalue weighted by atomic mass is 19.1. The molecule has 1 heterocycles. The number of amides is 2. The van der Waals surface area contributed by atoms with Crippen LogP contribution in [0.25, 0.3) is 5.69 Å². The van der Waals surface area contributed by atoms with Gasteiger partial charge in [-0.05, 0) is 36.4 Å². The van der Waals surface area contributed by atoms with Crippen LogP contribution in [0, 0.1) is 5.82 Å². The maximum absolute atomic E-state index is 13.1. The Morgan fingerprint density at radius 3 is 2.43 bits per heavy atom. The highest BCUT2D eigenvalue weighted by Gasteiger charge is 2.12. The van der Waals surface area contributed by atoms with E-state index in [1.165, 1.54) is 55.4 Å². The van der Waals surface area contributed by atoms with Crippen LogP contribution in [0.4, 0.5) is 20.7 Å². The summed E-state index contributed by atoms with van der Waals surface area (Å²) in [5.74, 6) is 0.362. The molecule has 0 aliphatic rings. The third-order valence-electron chi connectivity index (χ3n) is 3.82. The van der Waals surface area contributed by atoms with E-state index in [-0.39, 0.29) is 5.82 Å². The molecule has 0 fully saturated rings. The zero-order valence-corrected chi connectivity index (χ0v) is 15.1. The number of nitrogens with one attached hydrogen (secondary N) is 2. The fourth-order valence-corrected chi connectivity index (χ4v) is 2.49. The van der Waals surface area contributed by atoms with Crippen molar-refractivity contribution in [1.29, 1.82) is 0 Å². The maximum atomic E-state index is 13.1. The molecule has 0 bridgehead atoms. The van der Waals surface area contributed by atoms with Crippen molar-refractivity contribution in [2.75, 3.05) is 24.9 Å². The lowest BCUT2D eigenvalue weighted by Crippen LogP contribution is -2.28. The quantitative estimate of drug-likeness (QED) is 0.705. The first-order valence-electron chi connectivity index (χ1n) is 8.15. The molecular formula is C19H17FN4O4. The van der Waals surface area contributed by atoms with Crippen molar-refractivity contribution < 1.29 is 18.7 Å². The molecule has 0 aliphatic carbocycles. The molecule has 3 aromatic rings. The van der Waals surface area contributed by atoms with Crippen molar-refractivity contribution in [2.24, 2.45) is 0 Å². The first kappa shape index (κ1) is 18.9. The van der Waals surface area contributed by atoms with Gasteiger partial charge in [-0.2, -0.15) is 0 Å². The van der Waals surface area contributed by atoms with Crippen molar-refractivity contribution in [3.05, 3.63) is 71.0 Å². The Bertz CT molecular complexity index is 1050. The summed E-state index contributed by atoms with van der Waals surface area (Å²) in [5, 5.41) is 4.99. The van der Waals surface area contributed by atoms with Crippen LogP contribution in [-0.4, -0.2) is 29.8 Å². The normalized spacial score (nSPS) is 10.2. The van der Waals surface area contributed by atoms with E-state index < -0.39 is 17.4 Å². The van der Waals surface area contributed by atoms with Crippen molar-refractivity contribution in [2.45, 2.75) is 0 Å². The van der Waals surface area contributed by atoms with Crippen LogP contribution in [0.3, 0.4) is 0 Å². The molecule has 0 aliphatic heterocycles. The van der Waals surface area contributed by atoms with Gasteiger partial charge in [0, 0.05) is 29.8 Å². The van der Waals surface area contributed by atoms with Crippen LogP contribution in [-0.2, 0) is 0 Å². The van der Waals surface area contributed by atoms with Crippen molar-refractivity contribution in [3.63, 3.8) is 0 Å². The van der Waals surface area contributed by atoms with Crippen LogP contribution in [0.1, 0.15) is 0 Å². The number of hydrogen-bond donors (Lipinski definition) is 2. The van der Waals surface area contributed by atoms with E-state index in [0.717, 1.165) is 0 Å². The number of aromatic nitrogens is 2. The summed E-state index contributed by atoms with van der Waals surface area (Å²) >= 11 is 0. The first-order chi connectivity index (χ1) is 13.5. The second-order valence-electron chi connectivity index (χ2n) is 5.58. The topological polar surface area (TPSA) is 94.5 Å². The van der Waals surface area contributed by atoms with E-state index in [4.69, 9.17) is 9.47 Å². The summed E-state index contributed by atoms with van der Waals surface area (Å²) in [6.45, 7) is 0. The van der Waals surface area contributed by atoms with E-state index in [9.17, 15) is 14.0 Å². The molecule has 0 atom stereocenters. The largest absolute Gasteiger partial charge is 0.493 e. The van der Waals surface area contributed by atoms with E-state index >= 15 is 0 Å². The minimum Gasteiger partial charge on any atom is -0.493 e. The molecular weight excluding hydrogens is 367 g/mol. The number of anilines is 2. The van der Waals surface area contributed by atoms with Crippen molar-refractivity contribution >= 4 is 17.5 Å². The lowest BCUT2D eigenvalue weighted by molar-refractivity contribution is 0.262. The zero-order chi connectivity index (χ0) is 20.1. The Morgan fingerprint density at radius 2 is 1.75 bits per heavy atom. The van der Waals surface area contributed by atoms with Gasteiger partial charge in [0.05, 0.1) is 14.2 Å². The third kappa shape index (κ3) is 4.09. The predicted molar refractivity (Wildman–Crippen MR) is 102 cm³/mol. The van der Waals surface area contributed by atoms with Gasteiger partial charge in [0.2, 0.25) is 5.82 Å². The number of rotatable bonds is 5. The fourth-order valence-electron chi connectivity index (χ4n) is 2.49. The van der Waals surface area contributed by atoms with Gasteiger partial charge in [-0.25, -0.2) is 14.2 Å². The summed E-state index contributed by atoms with van der Waals surface area (Å²) in [5.41, 5.74) is 0.318. The van der Waals surface area contributed by atoms with E-state index in [2.05, 4.69) is 15.6 Å². The maximum Gasteiger partial charge on any atom is 0.325 e. The molecule has 2 amide bonds. The minimum absolute atomic E-state index is 0.176. The summed E-state index contributed by atoms with van der Waals surface area (Å²) in [4.78, 5) is 28.7. The Labute approximate surface area is 159 Å². The molecule has 28 heavy (non-hydrogen) atoms. The number of ether oxygens (including phenoxy) is 2. The smallest absolute Gasteiger partial charge is 0.325 e. The van der Waals surface area contributed by atoms with E-state index in [1.807, 2.05) is 0 Å². The number of benzene rings is 2. The van der Waals surface area contributed by atoms with Gasteiger partial charge in [-0.15, -0.1) is 0 Å². The van der Waals surface area contributed by atoms with Gasteiger partial charge in [0.15, 0.2) is 11.5 Å². The first-order valence-corrected chi connectivity index (χ1v) is 8.15. The Morgan fingerprint density at radius 1 is 1.04 bits per heavy atom. The monoisotopic (exact) mass is 384 g/mol. The molecule has 144 valence electrons. The molecule has 0 spiro atoms. The number of hydrogen-bond acceptors (Lipinski definition) is 5. The average molecular weight is 384 g/mol. The number of carbonyl (C=O) groups is 1. The summed E-state index contributed by atoms with van der Waals surface area (Å²) in [6, 6.07) is 9.54. The summed E-state index contributed by atoms with van der Waals surface area (Å²) in [7, 11) is 2.98. The predicted octanol–water partition coefficient (Wildman–Crippen LogP) is 3.03. The number of urea groups is 1. The molecule has 2 aromatic carbocycles. The molecule has 8 nitrogen and oxygen atoms in total. The third-order valence-corrected chi connectivity index (χ3v) is 3.82. The molecule has 3 rings (SSSR count). The van der Waals surface area contributed by atoms with Crippen LogP contribution < -0.4 is 25.7 Å². The summed E-state index contributed by atoms with van der Waals surface area (Å²) < 4.78 is 24.6. The van der Waals surface area contributed by atoms with Crippen LogP contribution in [0.15, 0.2) is 59.7 Å². The lowest BCUT2D eigenvalue weighted by atomic mass is 10.3. The summed E-state index contributed by atoms with van der Waals surface area (Å²) in [6.07, 6.45) is 2.78. The van der Waals surface area contributed by atoms with E-state index in [1.54, 1.807) is 18.2 Å². The molecule has 0 saturated heterocycles. The standard InChI is InChI=1S/C19H17FN4O4/c1-27-15-8-5-13(11-16(15)28-2)22-19(26)23-17-18(25)24(10-9-21-17)14-6-3-12(20)4-7-14/h3-11H,1-2H3,(H2,21,22,23,26). The van der Waals surface area contributed by atoms with Gasteiger partial charge in [0.1, 0.15) is 5.82 Å². The SMILES string of the molecule is COc1ccc(NC(=O)Nc2nccn(-c3ccc(F)cc3)c2=O)cc1OC. The van der Waals surface area contributed by atoms with Gasteiger partial charge >= 0.3 is 6.03 Å². The highest BCUT2D eigenvalue weighted by Crippen LogP contribution is 2.29. The molecule has 0 saturated carbocycles. The van der Waals surface area contributed by atoms with Gasteiger partial charge in [-0.1, -0.05) is 0 Å². The zero-order valence-electron chi connectivity index (χ0n) is 15.1. The van der Waals surface area contributed by atoms with Crippen LogP contribution in [0.2, 0.25) is 0 Å². The molecule has 0 radical (unpaired) electrons. The van der Waals surface area contributed by atoms with Crippen LogP contribution >= 0.6 is 0 Å². The van der Waals surface area contributed by atoms with Gasteiger partial charge in [0.25, 0.3) is 5.56 Å². The second-order valence-corrected chi connectivity index (χ2v) is 5.58. The Kier molecular flexibility index (Phi) is 5.54. The highest BCUT2D eigenvalue weighted by molar-refractivity contribution is 5.99. The second kappa shape index (κ2) is 8.21.